The molecule has 2 aromatic carbocycles. The maximum absolute atomic E-state index is 11.2. The van der Waals surface area contributed by atoms with Crippen LogP contribution in [0.2, 0.25) is 0 Å². The van der Waals surface area contributed by atoms with Gasteiger partial charge in [-0.05, 0) is 64.9 Å². The number of thiophene rings is 1. The van der Waals surface area contributed by atoms with E-state index in [-0.39, 0.29) is 5.91 Å². The summed E-state index contributed by atoms with van der Waals surface area (Å²) in [6.07, 6.45) is 1.75. The lowest BCUT2D eigenvalue weighted by molar-refractivity contribution is -0.114. The third kappa shape index (κ3) is 6.03. The highest BCUT2D eigenvalue weighted by atomic mass is 32.1. The van der Waals surface area contributed by atoms with Crippen LogP contribution in [0.15, 0.2) is 77.6 Å². The minimum Gasteiger partial charge on any atom is -0.369 e. The molecule has 0 aliphatic carbocycles. The molecule has 0 radical (unpaired) electrons. The largest absolute Gasteiger partial charge is 0.369 e. The SMILES string of the molecule is CC(=O)Nc1ccc(-c2ccnc(Nc3ccc(N4CCN(Cc5ccsc5)CC4)cc3)n2)cc1. The number of piperazine rings is 1. The zero-order valence-electron chi connectivity index (χ0n) is 19.6. The van der Waals surface area contributed by atoms with E-state index in [2.05, 4.69) is 71.5 Å². The second-order valence-corrected chi connectivity index (χ2v) is 9.37. The first-order chi connectivity index (χ1) is 17.1. The molecule has 1 aliphatic rings. The van der Waals surface area contributed by atoms with Crippen molar-refractivity contribution in [1.29, 1.82) is 0 Å². The molecule has 1 saturated heterocycles. The normalized spacial score (nSPS) is 14.0. The van der Waals surface area contributed by atoms with Crippen LogP contribution in [0, 0.1) is 0 Å². The van der Waals surface area contributed by atoms with Gasteiger partial charge in [0, 0.05) is 68.5 Å². The Bertz CT molecular complexity index is 1250. The Morgan fingerprint density at radius 2 is 1.69 bits per heavy atom. The molecule has 2 aromatic heterocycles. The van der Waals surface area contributed by atoms with E-state index in [1.54, 1.807) is 17.5 Å². The number of carbonyl (C=O) groups is 1. The van der Waals surface area contributed by atoms with Crippen molar-refractivity contribution in [2.45, 2.75) is 13.5 Å². The molecule has 8 heteroatoms. The van der Waals surface area contributed by atoms with E-state index in [0.29, 0.717) is 5.95 Å². The lowest BCUT2D eigenvalue weighted by Crippen LogP contribution is -2.45. The molecule has 2 N–H and O–H groups in total. The predicted octanol–water partition coefficient (Wildman–Crippen LogP) is 5.23. The van der Waals surface area contributed by atoms with Crippen LogP contribution in [-0.2, 0) is 11.3 Å². The molecule has 4 aromatic rings. The molecule has 0 bridgehead atoms. The average Bonchev–Trinajstić information content (AvgIpc) is 3.38. The number of rotatable bonds is 7. The van der Waals surface area contributed by atoms with Crippen LogP contribution in [0.3, 0.4) is 0 Å². The number of anilines is 4. The van der Waals surface area contributed by atoms with Gasteiger partial charge in [0.25, 0.3) is 0 Å². The Morgan fingerprint density at radius 1 is 0.943 bits per heavy atom. The van der Waals surface area contributed by atoms with Crippen molar-refractivity contribution >= 4 is 40.3 Å². The fraction of sp³-hybridized carbons (Fsp3) is 0.222. The number of hydrogen-bond acceptors (Lipinski definition) is 7. The highest BCUT2D eigenvalue weighted by Gasteiger charge is 2.17. The van der Waals surface area contributed by atoms with Gasteiger partial charge in [-0.25, -0.2) is 9.97 Å². The standard InChI is InChI=1S/C27H28N6OS/c1-20(34)29-23-4-2-22(3-5-23)26-10-12-28-27(31-26)30-24-6-8-25(9-7-24)33-15-13-32(14-16-33)18-21-11-17-35-19-21/h2-12,17,19H,13-16,18H2,1H3,(H,29,34)(H,28,30,31). The lowest BCUT2D eigenvalue weighted by Gasteiger charge is -2.36. The number of aromatic nitrogens is 2. The fourth-order valence-corrected chi connectivity index (χ4v) is 4.86. The van der Waals surface area contributed by atoms with E-state index < -0.39 is 0 Å². The second kappa shape index (κ2) is 10.7. The van der Waals surface area contributed by atoms with Crippen LogP contribution in [0.1, 0.15) is 12.5 Å². The number of nitrogens with zero attached hydrogens (tertiary/aromatic N) is 4. The minimum atomic E-state index is -0.0892. The monoisotopic (exact) mass is 484 g/mol. The van der Waals surface area contributed by atoms with Crippen LogP contribution >= 0.6 is 11.3 Å². The molecule has 3 heterocycles. The van der Waals surface area contributed by atoms with Crippen molar-refractivity contribution in [3.8, 4) is 11.3 Å². The molecular formula is C27H28N6OS. The maximum Gasteiger partial charge on any atom is 0.227 e. The van der Waals surface area contributed by atoms with E-state index in [9.17, 15) is 4.79 Å². The molecule has 0 atom stereocenters. The van der Waals surface area contributed by atoms with Crippen molar-refractivity contribution in [2.75, 3.05) is 41.7 Å². The van der Waals surface area contributed by atoms with Crippen LogP contribution in [0.25, 0.3) is 11.3 Å². The molecular weight excluding hydrogens is 456 g/mol. The summed E-state index contributed by atoms with van der Waals surface area (Å²) >= 11 is 1.76. The van der Waals surface area contributed by atoms with Gasteiger partial charge in [-0.1, -0.05) is 12.1 Å². The summed E-state index contributed by atoms with van der Waals surface area (Å²) in [5.41, 5.74) is 6.12. The first-order valence-corrected chi connectivity index (χ1v) is 12.6. The van der Waals surface area contributed by atoms with Gasteiger partial charge in [0.2, 0.25) is 11.9 Å². The van der Waals surface area contributed by atoms with E-state index in [0.717, 1.165) is 55.4 Å². The van der Waals surface area contributed by atoms with Crippen molar-refractivity contribution in [1.82, 2.24) is 14.9 Å². The van der Waals surface area contributed by atoms with Crippen molar-refractivity contribution in [3.05, 3.63) is 83.2 Å². The summed E-state index contributed by atoms with van der Waals surface area (Å²) in [6, 6.07) is 20.2. The first-order valence-electron chi connectivity index (χ1n) is 11.7. The molecule has 35 heavy (non-hydrogen) atoms. The smallest absolute Gasteiger partial charge is 0.227 e. The summed E-state index contributed by atoms with van der Waals surface area (Å²) in [5, 5.41) is 10.5. The van der Waals surface area contributed by atoms with Crippen LogP contribution < -0.4 is 15.5 Å². The zero-order chi connectivity index (χ0) is 24.0. The Kier molecular flexibility index (Phi) is 7.02. The Hall–Kier alpha value is -3.75. The Balaban J connectivity index is 1.18. The van der Waals surface area contributed by atoms with Crippen LogP contribution in [-0.4, -0.2) is 47.0 Å². The van der Waals surface area contributed by atoms with E-state index >= 15 is 0 Å². The predicted molar refractivity (Wildman–Crippen MR) is 143 cm³/mol. The highest BCUT2D eigenvalue weighted by molar-refractivity contribution is 7.07. The summed E-state index contributed by atoms with van der Waals surface area (Å²) in [7, 11) is 0. The van der Waals surface area contributed by atoms with Gasteiger partial charge in [0.05, 0.1) is 5.69 Å². The highest BCUT2D eigenvalue weighted by Crippen LogP contribution is 2.24. The third-order valence-corrected chi connectivity index (χ3v) is 6.74. The lowest BCUT2D eigenvalue weighted by atomic mass is 10.1. The average molecular weight is 485 g/mol. The number of carbonyl (C=O) groups excluding carboxylic acids is 1. The summed E-state index contributed by atoms with van der Waals surface area (Å²) in [5.74, 6) is 0.455. The van der Waals surface area contributed by atoms with Gasteiger partial charge in [-0.3, -0.25) is 9.69 Å². The van der Waals surface area contributed by atoms with Gasteiger partial charge in [0.15, 0.2) is 0 Å². The van der Waals surface area contributed by atoms with Crippen molar-refractivity contribution in [2.24, 2.45) is 0 Å². The topological polar surface area (TPSA) is 73.4 Å². The quantitative estimate of drug-likeness (QED) is 0.374. The van der Waals surface area contributed by atoms with E-state index in [1.807, 2.05) is 30.3 Å². The molecule has 5 rings (SSSR count). The Labute approximate surface area is 209 Å². The van der Waals surface area contributed by atoms with Crippen LogP contribution in [0.5, 0.6) is 0 Å². The molecule has 178 valence electrons. The number of amides is 1. The summed E-state index contributed by atoms with van der Waals surface area (Å²) < 4.78 is 0. The number of hydrogen-bond donors (Lipinski definition) is 2. The van der Waals surface area contributed by atoms with E-state index in [1.165, 1.54) is 18.2 Å². The summed E-state index contributed by atoms with van der Waals surface area (Å²) in [6.45, 7) is 6.74. The second-order valence-electron chi connectivity index (χ2n) is 8.59. The molecule has 0 saturated carbocycles. The Morgan fingerprint density at radius 3 is 2.37 bits per heavy atom. The van der Waals surface area contributed by atoms with Crippen molar-refractivity contribution in [3.63, 3.8) is 0 Å². The fourth-order valence-electron chi connectivity index (χ4n) is 4.20. The first kappa shape index (κ1) is 23.0. The molecule has 0 spiro atoms. The van der Waals surface area contributed by atoms with Gasteiger partial charge in [-0.2, -0.15) is 11.3 Å². The van der Waals surface area contributed by atoms with Crippen LogP contribution in [0.4, 0.5) is 23.0 Å². The molecule has 0 unspecified atom stereocenters. The van der Waals surface area contributed by atoms with Gasteiger partial charge < -0.3 is 15.5 Å². The number of benzene rings is 2. The molecule has 1 fully saturated rings. The van der Waals surface area contributed by atoms with Gasteiger partial charge in [-0.15, -0.1) is 0 Å². The molecule has 1 amide bonds. The van der Waals surface area contributed by atoms with Gasteiger partial charge in [0.1, 0.15) is 0 Å². The third-order valence-electron chi connectivity index (χ3n) is 6.00. The van der Waals surface area contributed by atoms with E-state index in [4.69, 9.17) is 0 Å². The van der Waals surface area contributed by atoms with Gasteiger partial charge >= 0.3 is 0 Å². The summed E-state index contributed by atoms with van der Waals surface area (Å²) in [4.78, 5) is 25.2. The molecule has 1 aliphatic heterocycles. The maximum atomic E-state index is 11.2. The van der Waals surface area contributed by atoms with Crippen molar-refractivity contribution < 1.29 is 4.79 Å². The minimum absolute atomic E-state index is 0.0892. The number of nitrogens with one attached hydrogen (secondary N) is 2. The molecule has 7 nitrogen and oxygen atoms in total. The zero-order valence-corrected chi connectivity index (χ0v) is 20.5.